The lowest BCUT2D eigenvalue weighted by atomic mass is 10.2. The van der Waals surface area contributed by atoms with Crippen LogP contribution in [0.4, 0.5) is 0 Å². The Hall–Kier alpha value is -0.930. The number of hydrogen-bond acceptors (Lipinski definition) is 2. The predicted octanol–water partition coefficient (Wildman–Crippen LogP) is 1.89. The fourth-order valence-corrected chi connectivity index (χ4v) is 0.938. The molecule has 0 fully saturated rings. The van der Waals surface area contributed by atoms with Gasteiger partial charge in [0.05, 0.1) is 5.56 Å². The minimum Gasteiger partial charge on any atom is -0.259 e. The van der Waals surface area contributed by atoms with Crippen LogP contribution in [0, 0.1) is 11.3 Å². The summed E-state index contributed by atoms with van der Waals surface area (Å²) in [6.07, 6.45) is 1.59. The van der Waals surface area contributed by atoms with Gasteiger partial charge in [-0.25, -0.2) is 0 Å². The van der Waals surface area contributed by atoms with Crippen LogP contribution >= 0.6 is 9.24 Å². The fraction of sp³-hybridized carbons (Fsp3) is 0.250. The van der Waals surface area contributed by atoms with Crippen molar-refractivity contribution in [1.29, 1.82) is 5.26 Å². The van der Waals surface area contributed by atoms with Crippen molar-refractivity contribution in [3.05, 3.63) is 29.6 Å². The first-order chi connectivity index (χ1) is 5.24. The first-order valence-electron chi connectivity index (χ1n) is 3.35. The van der Waals surface area contributed by atoms with Crippen LogP contribution in [-0.2, 0) is 0 Å². The summed E-state index contributed by atoms with van der Waals surface area (Å²) in [6, 6.07) is 5.68. The van der Waals surface area contributed by atoms with E-state index in [0.717, 1.165) is 5.69 Å². The predicted molar refractivity (Wildman–Crippen MR) is 47.1 cm³/mol. The van der Waals surface area contributed by atoms with Crippen LogP contribution in [0.2, 0.25) is 0 Å². The molecule has 0 saturated carbocycles. The molecule has 0 aliphatic heterocycles. The zero-order chi connectivity index (χ0) is 8.27. The topological polar surface area (TPSA) is 36.7 Å². The van der Waals surface area contributed by atoms with E-state index in [9.17, 15) is 0 Å². The van der Waals surface area contributed by atoms with Crippen LogP contribution in [0.5, 0.6) is 0 Å². The zero-order valence-electron chi connectivity index (χ0n) is 6.28. The Morgan fingerprint density at radius 2 is 2.36 bits per heavy atom. The van der Waals surface area contributed by atoms with Crippen LogP contribution in [0.15, 0.2) is 18.3 Å². The van der Waals surface area contributed by atoms with Gasteiger partial charge in [0.15, 0.2) is 0 Å². The van der Waals surface area contributed by atoms with Gasteiger partial charge in [-0.2, -0.15) is 5.26 Å². The van der Waals surface area contributed by atoms with Crippen LogP contribution in [0.1, 0.15) is 23.8 Å². The Morgan fingerprint density at radius 3 is 2.73 bits per heavy atom. The number of rotatable bonds is 1. The first-order valence-corrected chi connectivity index (χ1v) is 4.02. The summed E-state index contributed by atoms with van der Waals surface area (Å²) >= 11 is 0. The van der Waals surface area contributed by atoms with Gasteiger partial charge >= 0.3 is 0 Å². The third kappa shape index (κ3) is 2.00. The van der Waals surface area contributed by atoms with Crippen molar-refractivity contribution < 1.29 is 0 Å². The number of nitriles is 1. The summed E-state index contributed by atoms with van der Waals surface area (Å²) < 4.78 is 0. The molecule has 3 heteroatoms. The summed E-state index contributed by atoms with van der Waals surface area (Å²) in [4.78, 5) is 4.11. The van der Waals surface area contributed by atoms with E-state index in [2.05, 4.69) is 14.2 Å². The van der Waals surface area contributed by atoms with E-state index in [1.54, 1.807) is 12.3 Å². The van der Waals surface area contributed by atoms with Gasteiger partial charge in [0, 0.05) is 17.5 Å². The molecule has 0 aliphatic carbocycles. The minimum absolute atomic E-state index is 0.350. The number of nitrogens with zero attached hydrogens (tertiary/aromatic N) is 2. The van der Waals surface area contributed by atoms with Gasteiger partial charge in [-0.05, 0) is 12.1 Å². The average Bonchev–Trinajstić information content (AvgIpc) is 2.05. The Morgan fingerprint density at radius 1 is 1.64 bits per heavy atom. The SMILES string of the molecule is C[C@H](P)c1ccc(C#N)cn1. The average molecular weight is 164 g/mol. The molecule has 11 heavy (non-hydrogen) atoms. The highest BCUT2D eigenvalue weighted by Crippen LogP contribution is 2.18. The van der Waals surface area contributed by atoms with Crippen molar-refractivity contribution in [3.63, 3.8) is 0 Å². The highest BCUT2D eigenvalue weighted by molar-refractivity contribution is 7.17. The van der Waals surface area contributed by atoms with Crippen molar-refractivity contribution in [2.24, 2.45) is 0 Å². The van der Waals surface area contributed by atoms with Gasteiger partial charge in [0.1, 0.15) is 6.07 Å². The maximum absolute atomic E-state index is 8.47. The fourth-order valence-electron chi connectivity index (χ4n) is 0.741. The number of pyridine rings is 1. The summed E-state index contributed by atoms with van der Waals surface area (Å²) in [5.41, 5.74) is 1.95. The summed E-state index contributed by atoms with van der Waals surface area (Å²) in [7, 11) is 2.66. The minimum atomic E-state index is 0.350. The molecule has 1 aromatic heterocycles. The second-order valence-corrected chi connectivity index (χ2v) is 3.37. The van der Waals surface area contributed by atoms with Gasteiger partial charge in [-0.15, -0.1) is 9.24 Å². The zero-order valence-corrected chi connectivity index (χ0v) is 7.44. The Labute approximate surface area is 68.5 Å². The molecule has 1 rings (SSSR count). The highest BCUT2D eigenvalue weighted by Gasteiger charge is 1.98. The van der Waals surface area contributed by atoms with Gasteiger partial charge in [0.25, 0.3) is 0 Å². The van der Waals surface area contributed by atoms with Crippen LogP contribution in [0.25, 0.3) is 0 Å². The van der Waals surface area contributed by atoms with Crippen molar-refractivity contribution in [2.75, 3.05) is 0 Å². The normalized spacial score (nSPS) is 12.1. The molecule has 1 aromatic rings. The largest absolute Gasteiger partial charge is 0.259 e. The summed E-state index contributed by atoms with van der Waals surface area (Å²) in [5, 5.41) is 8.47. The summed E-state index contributed by atoms with van der Waals surface area (Å²) in [5.74, 6) is 0. The van der Waals surface area contributed by atoms with Crippen LogP contribution in [0.3, 0.4) is 0 Å². The standard InChI is InChI=1S/C8H9N2P/c1-6(11)8-3-2-7(4-9)5-10-8/h2-3,5-6H,11H2,1H3/t6-/m0/s1. The number of hydrogen-bond donors (Lipinski definition) is 0. The molecular formula is C8H9N2P. The van der Waals surface area contributed by atoms with E-state index in [-0.39, 0.29) is 0 Å². The van der Waals surface area contributed by atoms with Crippen molar-refractivity contribution in [1.82, 2.24) is 4.98 Å². The van der Waals surface area contributed by atoms with E-state index in [4.69, 9.17) is 5.26 Å². The van der Waals surface area contributed by atoms with Gasteiger partial charge in [-0.3, -0.25) is 4.98 Å². The third-order valence-corrected chi connectivity index (χ3v) is 1.72. The lowest BCUT2D eigenvalue weighted by Crippen LogP contribution is -1.88. The van der Waals surface area contributed by atoms with E-state index >= 15 is 0 Å². The van der Waals surface area contributed by atoms with Crippen molar-refractivity contribution in [2.45, 2.75) is 12.6 Å². The lowest BCUT2D eigenvalue weighted by Gasteiger charge is -2.01. The molecule has 0 spiro atoms. The molecule has 0 bridgehead atoms. The second kappa shape index (κ2) is 3.46. The Bertz CT molecular complexity index is 271. The molecule has 56 valence electrons. The van der Waals surface area contributed by atoms with Gasteiger partial charge in [0.2, 0.25) is 0 Å². The molecule has 2 nitrogen and oxygen atoms in total. The van der Waals surface area contributed by atoms with E-state index < -0.39 is 0 Å². The second-order valence-electron chi connectivity index (χ2n) is 2.37. The van der Waals surface area contributed by atoms with E-state index in [1.807, 2.05) is 19.1 Å². The maximum Gasteiger partial charge on any atom is 0.101 e. The molecule has 2 atom stereocenters. The molecular weight excluding hydrogens is 155 g/mol. The Kier molecular flexibility index (Phi) is 2.57. The number of aromatic nitrogens is 1. The molecule has 1 heterocycles. The van der Waals surface area contributed by atoms with Crippen molar-refractivity contribution in [3.8, 4) is 6.07 Å². The molecule has 0 aromatic carbocycles. The molecule has 0 aliphatic rings. The van der Waals surface area contributed by atoms with Gasteiger partial charge in [-0.1, -0.05) is 6.92 Å². The lowest BCUT2D eigenvalue weighted by molar-refractivity contribution is 1.01. The highest BCUT2D eigenvalue weighted by atomic mass is 31.0. The van der Waals surface area contributed by atoms with Crippen LogP contribution in [-0.4, -0.2) is 4.98 Å². The molecule has 0 amide bonds. The molecule has 0 saturated heterocycles. The smallest absolute Gasteiger partial charge is 0.101 e. The quantitative estimate of drug-likeness (QED) is 0.594. The maximum atomic E-state index is 8.47. The molecule has 1 unspecified atom stereocenters. The van der Waals surface area contributed by atoms with Gasteiger partial charge < -0.3 is 0 Å². The van der Waals surface area contributed by atoms with E-state index in [0.29, 0.717) is 11.2 Å². The molecule has 0 N–H and O–H groups in total. The molecule has 0 radical (unpaired) electrons. The Balaban J connectivity index is 2.94. The monoisotopic (exact) mass is 164 g/mol. The summed E-state index contributed by atoms with van der Waals surface area (Å²) in [6.45, 7) is 2.04. The third-order valence-electron chi connectivity index (χ3n) is 1.38. The van der Waals surface area contributed by atoms with Crippen LogP contribution < -0.4 is 0 Å². The van der Waals surface area contributed by atoms with Crippen molar-refractivity contribution >= 4 is 9.24 Å². The van der Waals surface area contributed by atoms with E-state index in [1.165, 1.54) is 0 Å². The first kappa shape index (κ1) is 8.17.